The number of anilines is 1. The minimum Gasteiger partial charge on any atom is -0.321 e. The average molecular weight is 379 g/mol. The average Bonchev–Trinajstić information content (AvgIpc) is 3.07. The third-order valence-corrected chi connectivity index (χ3v) is 5.24. The fraction of sp³-hybridized carbons (Fsp3) is 0.0667. The second-order valence-corrected chi connectivity index (χ2v) is 7.10. The van der Waals surface area contributed by atoms with Crippen LogP contribution < -0.4 is 5.32 Å². The molecule has 0 atom stereocenters. The molecule has 0 saturated heterocycles. The van der Waals surface area contributed by atoms with Gasteiger partial charge in [-0.25, -0.2) is 4.98 Å². The third-order valence-electron chi connectivity index (χ3n) is 2.85. The first-order valence-corrected chi connectivity index (χ1v) is 8.75. The predicted molar refractivity (Wildman–Crippen MR) is 92.3 cm³/mol. The molecule has 2 heterocycles. The van der Waals surface area contributed by atoms with Crippen LogP contribution in [0.5, 0.6) is 0 Å². The van der Waals surface area contributed by atoms with Crippen LogP contribution in [-0.2, 0) is 0 Å². The SMILES string of the molecule is Cc1nc(-c2ccsc2)sc1C(=O)Nc1cccc(Br)c1. The zero-order valence-electron chi connectivity index (χ0n) is 11.1. The number of benzene rings is 1. The van der Waals surface area contributed by atoms with Crippen LogP contribution in [0.25, 0.3) is 10.6 Å². The molecular formula is C15H11BrN2OS2. The van der Waals surface area contributed by atoms with Gasteiger partial charge in [-0.3, -0.25) is 4.79 Å². The summed E-state index contributed by atoms with van der Waals surface area (Å²) in [5, 5.41) is 7.83. The molecule has 1 amide bonds. The molecule has 0 aliphatic heterocycles. The summed E-state index contributed by atoms with van der Waals surface area (Å²) in [6.45, 7) is 1.86. The van der Waals surface area contributed by atoms with E-state index in [-0.39, 0.29) is 5.91 Å². The van der Waals surface area contributed by atoms with Crippen molar-refractivity contribution < 1.29 is 4.79 Å². The molecule has 0 spiro atoms. The number of aryl methyl sites for hydroxylation is 1. The van der Waals surface area contributed by atoms with Crippen LogP contribution in [0.15, 0.2) is 45.6 Å². The summed E-state index contributed by atoms with van der Waals surface area (Å²) in [6.07, 6.45) is 0. The second kappa shape index (κ2) is 6.09. The monoisotopic (exact) mass is 378 g/mol. The highest BCUT2D eigenvalue weighted by Gasteiger charge is 2.16. The number of hydrogen-bond donors (Lipinski definition) is 1. The van der Waals surface area contributed by atoms with Gasteiger partial charge in [-0.1, -0.05) is 22.0 Å². The fourth-order valence-corrected chi connectivity index (χ4v) is 3.94. The Labute approximate surface area is 138 Å². The van der Waals surface area contributed by atoms with Crippen molar-refractivity contribution in [3.05, 3.63) is 56.1 Å². The minimum atomic E-state index is -0.121. The zero-order valence-corrected chi connectivity index (χ0v) is 14.3. The Balaban J connectivity index is 1.85. The van der Waals surface area contributed by atoms with Gasteiger partial charge in [0.25, 0.3) is 5.91 Å². The summed E-state index contributed by atoms with van der Waals surface area (Å²) >= 11 is 6.44. The van der Waals surface area contributed by atoms with E-state index in [1.165, 1.54) is 11.3 Å². The standard InChI is InChI=1S/C15H11BrN2OS2/c1-9-13(21-15(17-9)10-5-6-20-8-10)14(19)18-12-4-2-3-11(16)7-12/h2-8H,1H3,(H,18,19). The van der Waals surface area contributed by atoms with Crippen LogP contribution in [0.3, 0.4) is 0 Å². The number of thiophene rings is 1. The van der Waals surface area contributed by atoms with Crippen molar-refractivity contribution >= 4 is 50.2 Å². The lowest BCUT2D eigenvalue weighted by Crippen LogP contribution is -2.11. The van der Waals surface area contributed by atoms with E-state index in [0.717, 1.165) is 26.4 Å². The number of rotatable bonds is 3. The lowest BCUT2D eigenvalue weighted by molar-refractivity contribution is 0.103. The molecule has 0 bridgehead atoms. The summed E-state index contributed by atoms with van der Waals surface area (Å²) in [5.74, 6) is -0.121. The van der Waals surface area contributed by atoms with Crippen molar-refractivity contribution in [2.75, 3.05) is 5.32 Å². The number of thiazole rings is 1. The lowest BCUT2D eigenvalue weighted by atomic mass is 10.3. The molecule has 0 unspecified atom stereocenters. The molecule has 3 aromatic rings. The predicted octanol–water partition coefficient (Wildman–Crippen LogP) is 5.19. The van der Waals surface area contributed by atoms with Gasteiger partial charge in [-0.2, -0.15) is 11.3 Å². The highest BCUT2D eigenvalue weighted by atomic mass is 79.9. The van der Waals surface area contributed by atoms with E-state index in [2.05, 4.69) is 26.2 Å². The van der Waals surface area contributed by atoms with Crippen LogP contribution in [0, 0.1) is 6.92 Å². The third kappa shape index (κ3) is 3.23. The largest absolute Gasteiger partial charge is 0.321 e. The minimum absolute atomic E-state index is 0.121. The van der Waals surface area contributed by atoms with Crippen molar-refractivity contribution in [3.63, 3.8) is 0 Å². The van der Waals surface area contributed by atoms with Crippen molar-refractivity contribution in [3.8, 4) is 10.6 Å². The molecule has 3 nitrogen and oxygen atoms in total. The molecular weight excluding hydrogens is 368 g/mol. The highest BCUT2D eigenvalue weighted by molar-refractivity contribution is 9.10. The lowest BCUT2D eigenvalue weighted by Gasteiger charge is -2.04. The van der Waals surface area contributed by atoms with Crippen LogP contribution in [0.2, 0.25) is 0 Å². The highest BCUT2D eigenvalue weighted by Crippen LogP contribution is 2.30. The van der Waals surface area contributed by atoms with E-state index in [1.54, 1.807) is 11.3 Å². The molecule has 3 rings (SSSR count). The first-order valence-electron chi connectivity index (χ1n) is 6.20. The quantitative estimate of drug-likeness (QED) is 0.680. The number of halogens is 1. The van der Waals surface area contributed by atoms with Crippen LogP contribution in [0.4, 0.5) is 5.69 Å². The number of aromatic nitrogens is 1. The van der Waals surface area contributed by atoms with Crippen LogP contribution in [0.1, 0.15) is 15.4 Å². The topological polar surface area (TPSA) is 42.0 Å². The van der Waals surface area contributed by atoms with Crippen molar-refractivity contribution in [1.82, 2.24) is 4.98 Å². The number of nitrogens with zero attached hydrogens (tertiary/aromatic N) is 1. The van der Waals surface area contributed by atoms with Gasteiger partial charge < -0.3 is 5.32 Å². The normalized spacial score (nSPS) is 10.6. The Morgan fingerprint density at radius 3 is 2.90 bits per heavy atom. The Hall–Kier alpha value is -1.50. The van der Waals surface area contributed by atoms with E-state index in [9.17, 15) is 4.79 Å². The summed E-state index contributed by atoms with van der Waals surface area (Å²) in [7, 11) is 0. The van der Waals surface area contributed by atoms with Crippen molar-refractivity contribution in [1.29, 1.82) is 0 Å². The summed E-state index contributed by atoms with van der Waals surface area (Å²) in [6, 6.07) is 9.55. The van der Waals surface area contributed by atoms with Crippen molar-refractivity contribution in [2.45, 2.75) is 6.92 Å². The first kappa shape index (κ1) is 14.4. The maximum Gasteiger partial charge on any atom is 0.267 e. The molecule has 2 aromatic heterocycles. The van der Waals surface area contributed by atoms with Gasteiger partial charge in [0.1, 0.15) is 9.88 Å². The molecule has 0 aliphatic carbocycles. The molecule has 1 N–H and O–H groups in total. The van der Waals surface area contributed by atoms with Crippen LogP contribution >= 0.6 is 38.6 Å². The van der Waals surface area contributed by atoms with E-state index < -0.39 is 0 Å². The van der Waals surface area contributed by atoms with Gasteiger partial charge in [0.05, 0.1) is 5.69 Å². The Kier molecular flexibility index (Phi) is 4.19. The maximum atomic E-state index is 12.4. The molecule has 0 aliphatic rings. The summed E-state index contributed by atoms with van der Waals surface area (Å²) in [4.78, 5) is 17.5. The Morgan fingerprint density at radius 2 is 2.19 bits per heavy atom. The fourth-order valence-electron chi connectivity index (χ4n) is 1.87. The smallest absolute Gasteiger partial charge is 0.267 e. The van der Waals surface area contributed by atoms with Gasteiger partial charge in [0.2, 0.25) is 0 Å². The number of nitrogens with one attached hydrogen (secondary N) is 1. The molecule has 0 fully saturated rings. The van der Waals surface area contributed by atoms with Gasteiger partial charge in [-0.15, -0.1) is 11.3 Å². The first-order chi connectivity index (χ1) is 10.1. The van der Waals surface area contributed by atoms with E-state index in [0.29, 0.717) is 4.88 Å². The molecule has 0 radical (unpaired) electrons. The Bertz CT molecular complexity index is 781. The van der Waals surface area contributed by atoms with E-state index >= 15 is 0 Å². The van der Waals surface area contributed by atoms with E-state index in [4.69, 9.17) is 0 Å². The molecule has 106 valence electrons. The van der Waals surface area contributed by atoms with E-state index in [1.807, 2.05) is 48.0 Å². The van der Waals surface area contributed by atoms with Gasteiger partial charge >= 0.3 is 0 Å². The molecule has 6 heteroatoms. The van der Waals surface area contributed by atoms with Gasteiger partial charge in [0, 0.05) is 21.1 Å². The second-order valence-electron chi connectivity index (χ2n) is 4.41. The van der Waals surface area contributed by atoms with Crippen molar-refractivity contribution in [2.24, 2.45) is 0 Å². The number of carbonyl (C=O) groups excluding carboxylic acids is 1. The number of amides is 1. The van der Waals surface area contributed by atoms with Gasteiger partial charge in [-0.05, 0) is 36.6 Å². The maximum absolute atomic E-state index is 12.4. The zero-order chi connectivity index (χ0) is 14.8. The molecule has 21 heavy (non-hydrogen) atoms. The number of hydrogen-bond acceptors (Lipinski definition) is 4. The summed E-state index contributed by atoms with van der Waals surface area (Å²) in [5.41, 5.74) is 2.59. The molecule has 1 aromatic carbocycles. The van der Waals surface area contributed by atoms with Gasteiger partial charge in [0.15, 0.2) is 0 Å². The number of carbonyl (C=O) groups is 1. The Morgan fingerprint density at radius 1 is 1.33 bits per heavy atom. The molecule has 0 saturated carbocycles. The van der Waals surface area contributed by atoms with Crippen LogP contribution in [-0.4, -0.2) is 10.9 Å². The summed E-state index contributed by atoms with van der Waals surface area (Å²) < 4.78 is 0.931.